The molecule has 0 saturated carbocycles. The molecule has 0 radical (unpaired) electrons. The molecule has 0 aromatic heterocycles. The minimum atomic E-state index is -0.637. The standard InChI is InChI=1S/C13H17N3O4/c1-9-13(17)15(7-3-2-6-14)11-5-4-10(16(18)19)8-12(11)20-9/h4-5,8-9H,2-3,6-7,14H2,1H3. The minimum Gasteiger partial charge on any atom is -0.478 e. The van der Waals surface area contributed by atoms with Crippen molar-refractivity contribution in [2.75, 3.05) is 18.0 Å². The van der Waals surface area contributed by atoms with Gasteiger partial charge < -0.3 is 15.4 Å². The molecule has 1 aromatic rings. The molecule has 1 aromatic carbocycles. The molecule has 1 aliphatic rings. The molecule has 0 aliphatic carbocycles. The number of nitro groups is 1. The minimum absolute atomic E-state index is 0.0489. The van der Waals surface area contributed by atoms with Crippen molar-refractivity contribution in [3.63, 3.8) is 0 Å². The average Bonchev–Trinajstić information content (AvgIpc) is 2.42. The highest BCUT2D eigenvalue weighted by atomic mass is 16.6. The van der Waals surface area contributed by atoms with Crippen LogP contribution < -0.4 is 15.4 Å². The lowest BCUT2D eigenvalue weighted by molar-refractivity contribution is -0.384. The quantitative estimate of drug-likeness (QED) is 0.499. The summed E-state index contributed by atoms with van der Waals surface area (Å²) in [5.74, 6) is 0.238. The van der Waals surface area contributed by atoms with Gasteiger partial charge in [0.25, 0.3) is 11.6 Å². The van der Waals surface area contributed by atoms with Gasteiger partial charge in [0.1, 0.15) is 0 Å². The van der Waals surface area contributed by atoms with E-state index in [0.29, 0.717) is 24.5 Å². The van der Waals surface area contributed by atoms with Crippen molar-refractivity contribution in [2.45, 2.75) is 25.9 Å². The molecule has 0 fully saturated rings. The lowest BCUT2D eigenvalue weighted by Crippen LogP contribution is -2.45. The summed E-state index contributed by atoms with van der Waals surface area (Å²) in [6.45, 7) is 2.75. The Morgan fingerprint density at radius 2 is 2.20 bits per heavy atom. The van der Waals surface area contributed by atoms with Crippen molar-refractivity contribution in [3.05, 3.63) is 28.3 Å². The lowest BCUT2D eigenvalue weighted by atomic mass is 10.1. The number of nitrogens with two attached hydrogens (primary N) is 1. The van der Waals surface area contributed by atoms with E-state index in [-0.39, 0.29) is 11.6 Å². The summed E-state index contributed by atoms with van der Waals surface area (Å²) in [5.41, 5.74) is 5.98. The number of ether oxygens (including phenoxy) is 1. The van der Waals surface area contributed by atoms with Crippen LogP contribution in [0.15, 0.2) is 18.2 Å². The van der Waals surface area contributed by atoms with Crippen LogP contribution >= 0.6 is 0 Å². The van der Waals surface area contributed by atoms with E-state index in [1.54, 1.807) is 17.9 Å². The highest BCUT2D eigenvalue weighted by Crippen LogP contribution is 2.36. The molecule has 7 nitrogen and oxygen atoms in total. The predicted molar refractivity (Wildman–Crippen MR) is 73.8 cm³/mol. The zero-order valence-electron chi connectivity index (χ0n) is 11.2. The van der Waals surface area contributed by atoms with Crippen LogP contribution in [-0.2, 0) is 4.79 Å². The van der Waals surface area contributed by atoms with Crippen LogP contribution in [0.1, 0.15) is 19.8 Å². The summed E-state index contributed by atoms with van der Waals surface area (Å²) >= 11 is 0. The normalized spacial score (nSPS) is 17.6. The third-order valence-electron chi connectivity index (χ3n) is 3.20. The molecule has 1 atom stereocenters. The summed E-state index contributed by atoms with van der Waals surface area (Å²) in [5, 5.41) is 10.8. The van der Waals surface area contributed by atoms with Gasteiger partial charge in [-0.1, -0.05) is 0 Å². The van der Waals surface area contributed by atoms with Crippen molar-refractivity contribution in [1.29, 1.82) is 0 Å². The first-order chi connectivity index (χ1) is 9.54. The van der Waals surface area contributed by atoms with Crippen molar-refractivity contribution >= 4 is 17.3 Å². The number of anilines is 1. The van der Waals surface area contributed by atoms with E-state index < -0.39 is 11.0 Å². The zero-order chi connectivity index (χ0) is 14.7. The van der Waals surface area contributed by atoms with Gasteiger partial charge in [-0.3, -0.25) is 14.9 Å². The van der Waals surface area contributed by atoms with Gasteiger partial charge in [-0.15, -0.1) is 0 Å². The SMILES string of the molecule is CC1Oc2cc([N+](=O)[O-])ccc2N(CCCCN)C1=O. The van der Waals surface area contributed by atoms with Gasteiger partial charge >= 0.3 is 0 Å². The molecule has 7 heteroatoms. The van der Waals surface area contributed by atoms with Crippen molar-refractivity contribution in [2.24, 2.45) is 5.73 Å². The van der Waals surface area contributed by atoms with Gasteiger partial charge in [0, 0.05) is 12.6 Å². The topological polar surface area (TPSA) is 98.7 Å². The first-order valence-corrected chi connectivity index (χ1v) is 6.51. The molecule has 2 N–H and O–H groups in total. The van der Waals surface area contributed by atoms with E-state index in [0.717, 1.165) is 12.8 Å². The number of nitro benzene ring substituents is 1. The molecule has 0 spiro atoms. The first kappa shape index (κ1) is 14.3. The largest absolute Gasteiger partial charge is 0.478 e. The number of carbonyl (C=O) groups excluding carboxylic acids is 1. The average molecular weight is 279 g/mol. The number of nitrogens with zero attached hydrogens (tertiary/aromatic N) is 2. The molecule has 1 heterocycles. The number of unbranched alkanes of at least 4 members (excludes halogenated alkanes) is 1. The van der Waals surface area contributed by atoms with Crippen LogP contribution in [0.25, 0.3) is 0 Å². The van der Waals surface area contributed by atoms with Gasteiger partial charge in [0.05, 0.1) is 16.7 Å². The maximum Gasteiger partial charge on any atom is 0.273 e. The van der Waals surface area contributed by atoms with Crippen LogP contribution in [0, 0.1) is 10.1 Å². The van der Waals surface area contributed by atoms with E-state index in [9.17, 15) is 14.9 Å². The molecule has 1 amide bonds. The van der Waals surface area contributed by atoms with Gasteiger partial charge in [-0.2, -0.15) is 0 Å². The lowest BCUT2D eigenvalue weighted by Gasteiger charge is -2.32. The highest BCUT2D eigenvalue weighted by molar-refractivity contribution is 6.00. The second-order valence-electron chi connectivity index (χ2n) is 4.65. The van der Waals surface area contributed by atoms with Crippen molar-refractivity contribution in [3.8, 4) is 5.75 Å². The summed E-state index contributed by atoms with van der Waals surface area (Å²) in [6, 6.07) is 4.29. The van der Waals surface area contributed by atoms with Crippen LogP contribution in [-0.4, -0.2) is 30.0 Å². The zero-order valence-corrected chi connectivity index (χ0v) is 11.2. The van der Waals surface area contributed by atoms with Crippen LogP contribution in [0.2, 0.25) is 0 Å². The Morgan fingerprint density at radius 1 is 1.45 bits per heavy atom. The first-order valence-electron chi connectivity index (χ1n) is 6.51. The molecular weight excluding hydrogens is 262 g/mol. The van der Waals surface area contributed by atoms with Gasteiger partial charge in [-0.05, 0) is 32.4 Å². The third-order valence-corrected chi connectivity index (χ3v) is 3.20. The molecule has 1 unspecified atom stereocenters. The maximum atomic E-state index is 12.1. The van der Waals surface area contributed by atoms with Crippen molar-refractivity contribution < 1.29 is 14.5 Å². The molecule has 20 heavy (non-hydrogen) atoms. The van der Waals surface area contributed by atoms with Crippen LogP contribution in [0.5, 0.6) is 5.75 Å². The van der Waals surface area contributed by atoms with Gasteiger partial charge in [0.15, 0.2) is 11.9 Å². The smallest absolute Gasteiger partial charge is 0.273 e. The molecule has 2 rings (SSSR count). The van der Waals surface area contributed by atoms with Crippen LogP contribution in [0.4, 0.5) is 11.4 Å². The predicted octanol–water partition coefficient (Wildman–Crippen LogP) is 1.45. The number of hydrogen-bond acceptors (Lipinski definition) is 5. The molecule has 0 bridgehead atoms. The number of fused-ring (bicyclic) bond motifs is 1. The van der Waals surface area contributed by atoms with Crippen LogP contribution in [0.3, 0.4) is 0 Å². The van der Waals surface area contributed by atoms with E-state index >= 15 is 0 Å². The second-order valence-corrected chi connectivity index (χ2v) is 4.65. The molecule has 1 aliphatic heterocycles. The molecule has 108 valence electrons. The number of carbonyl (C=O) groups is 1. The van der Waals surface area contributed by atoms with Gasteiger partial charge in [0.2, 0.25) is 0 Å². The van der Waals surface area contributed by atoms with E-state index in [4.69, 9.17) is 10.5 Å². The summed E-state index contributed by atoms with van der Waals surface area (Å²) < 4.78 is 5.45. The number of hydrogen-bond donors (Lipinski definition) is 1. The number of amides is 1. The highest BCUT2D eigenvalue weighted by Gasteiger charge is 2.32. The summed E-state index contributed by atoms with van der Waals surface area (Å²) in [7, 11) is 0. The number of rotatable bonds is 5. The Hall–Kier alpha value is -2.15. The fourth-order valence-electron chi connectivity index (χ4n) is 2.16. The fourth-order valence-corrected chi connectivity index (χ4v) is 2.16. The third kappa shape index (κ3) is 2.72. The fraction of sp³-hybridized carbons (Fsp3) is 0.462. The number of benzene rings is 1. The van der Waals surface area contributed by atoms with Gasteiger partial charge in [-0.25, -0.2) is 0 Å². The Morgan fingerprint density at radius 3 is 2.85 bits per heavy atom. The van der Waals surface area contributed by atoms with Crippen molar-refractivity contribution in [1.82, 2.24) is 0 Å². The summed E-state index contributed by atoms with van der Waals surface area (Å²) in [4.78, 5) is 24.0. The van der Waals surface area contributed by atoms with E-state index in [2.05, 4.69) is 0 Å². The Kier molecular flexibility index (Phi) is 4.19. The van der Waals surface area contributed by atoms with E-state index in [1.807, 2.05) is 0 Å². The number of non-ortho nitro benzene ring substituents is 1. The van der Waals surface area contributed by atoms with E-state index in [1.165, 1.54) is 12.1 Å². The Bertz CT molecular complexity index is 532. The monoisotopic (exact) mass is 279 g/mol. The molecular formula is C13H17N3O4. The summed E-state index contributed by atoms with van der Waals surface area (Å²) in [6.07, 6.45) is 0.967. The maximum absolute atomic E-state index is 12.1. The molecule has 0 saturated heterocycles. The Balaban J connectivity index is 2.30. The second kappa shape index (κ2) is 5.87. The Labute approximate surface area is 116 Å².